The van der Waals surface area contributed by atoms with Crippen LogP contribution in [0.3, 0.4) is 0 Å². The number of anilines is 2. The SMILES string of the molecule is CN(CC1CC1)c1sc(C(N)=O)c(N)c1C1CC1. The molecule has 2 saturated carbocycles. The van der Waals surface area contributed by atoms with Crippen LogP contribution < -0.4 is 16.4 Å². The van der Waals surface area contributed by atoms with E-state index in [1.807, 2.05) is 0 Å². The van der Waals surface area contributed by atoms with E-state index in [9.17, 15) is 4.79 Å². The van der Waals surface area contributed by atoms with Crippen molar-refractivity contribution >= 4 is 27.9 Å². The Morgan fingerprint density at radius 3 is 2.56 bits per heavy atom. The number of hydrogen-bond donors (Lipinski definition) is 2. The quantitative estimate of drug-likeness (QED) is 0.857. The molecule has 0 atom stereocenters. The molecular weight excluding hydrogens is 246 g/mol. The van der Waals surface area contributed by atoms with Crippen LogP contribution in [0.4, 0.5) is 10.7 Å². The summed E-state index contributed by atoms with van der Waals surface area (Å²) in [5.74, 6) is 0.971. The highest BCUT2D eigenvalue weighted by atomic mass is 32.1. The zero-order valence-electron chi connectivity index (χ0n) is 10.6. The van der Waals surface area contributed by atoms with Gasteiger partial charge in [0.1, 0.15) is 4.88 Å². The van der Waals surface area contributed by atoms with Gasteiger partial charge in [-0.15, -0.1) is 11.3 Å². The normalized spacial score (nSPS) is 18.9. The summed E-state index contributed by atoms with van der Waals surface area (Å²) in [5, 5.41) is 1.16. The third kappa shape index (κ3) is 2.07. The molecule has 2 fully saturated rings. The monoisotopic (exact) mass is 265 g/mol. The van der Waals surface area contributed by atoms with Crippen molar-refractivity contribution in [1.29, 1.82) is 0 Å². The van der Waals surface area contributed by atoms with E-state index in [0.717, 1.165) is 17.5 Å². The van der Waals surface area contributed by atoms with Crippen LogP contribution in [-0.4, -0.2) is 19.5 Å². The maximum Gasteiger partial charge on any atom is 0.260 e. The predicted octanol–water partition coefficient (Wildman–Crippen LogP) is 2.15. The van der Waals surface area contributed by atoms with E-state index in [4.69, 9.17) is 11.5 Å². The van der Waals surface area contributed by atoms with Crippen molar-refractivity contribution in [2.45, 2.75) is 31.6 Å². The van der Waals surface area contributed by atoms with Crippen LogP contribution in [-0.2, 0) is 0 Å². The zero-order chi connectivity index (χ0) is 12.9. The number of thiophene rings is 1. The summed E-state index contributed by atoms with van der Waals surface area (Å²) in [6.45, 7) is 1.07. The second-order valence-corrected chi connectivity index (χ2v) is 6.53. The molecule has 98 valence electrons. The van der Waals surface area contributed by atoms with Crippen molar-refractivity contribution in [1.82, 2.24) is 0 Å². The highest BCUT2D eigenvalue weighted by Gasteiger charge is 2.34. The van der Waals surface area contributed by atoms with Gasteiger partial charge in [-0.1, -0.05) is 0 Å². The number of primary amides is 1. The van der Waals surface area contributed by atoms with Crippen molar-refractivity contribution < 1.29 is 4.79 Å². The standard InChI is InChI=1S/C13H19N3OS/c1-16(6-7-2-3-7)13-9(8-4-5-8)10(14)11(18-13)12(15)17/h7-8H,2-6,14H2,1H3,(H2,15,17). The van der Waals surface area contributed by atoms with Gasteiger partial charge in [0, 0.05) is 19.2 Å². The van der Waals surface area contributed by atoms with Gasteiger partial charge < -0.3 is 16.4 Å². The molecule has 18 heavy (non-hydrogen) atoms. The summed E-state index contributed by atoms with van der Waals surface area (Å²) in [4.78, 5) is 14.2. The largest absolute Gasteiger partial charge is 0.397 e. The minimum atomic E-state index is -0.398. The minimum absolute atomic E-state index is 0.398. The lowest BCUT2D eigenvalue weighted by Gasteiger charge is -2.19. The maximum absolute atomic E-state index is 11.4. The number of carbonyl (C=O) groups excluding carboxylic acids is 1. The first-order valence-electron chi connectivity index (χ1n) is 6.51. The van der Waals surface area contributed by atoms with Gasteiger partial charge in [-0.2, -0.15) is 0 Å². The Morgan fingerprint density at radius 2 is 2.06 bits per heavy atom. The van der Waals surface area contributed by atoms with E-state index in [1.54, 1.807) is 0 Å². The number of amides is 1. The van der Waals surface area contributed by atoms with Crippen molar-refractivity contribution in [2.75, 3.05) is 24.2 Å². The molecule has 0 spiro atoms. The van der Waals surface area contributed by atoms with Gasteiger partial charge in [0.15, 0.2) is 0 Å². The average Bonchev–Trinajstić information content (AvgIpc) is 3.19. The van der Waals surface area contributed by atoms with Crippen LogP contribution in [0.25, 0.3) is 0 Å². The van der Waals surface area contributed by atoms with E-state index in [-0.39, 0.29) is 0 Å². The molecule has 2 aliphatic carbocycles. The van der Waals surface area contributed by atoms with Gasteiger partial charge in [0.05, 0.1) is 10.7 Å². The Balaban J connectivity index is 1.95. The van der Waals surface area contributed by atoms with Gasteiger partial charge in [0.25, 0.3) is 5.91 Å². The van der Waals surface area contributed by atoms with Crippen LogP contribution in [0, 0.1) is 5.92 Å². The molecule has 0 aromatic carbocycles. The molecule has 1 aromatic heterocycles. The third-order valence-corrected chi connectivity index (χ3v) is 5.10. The van der Waals surface area contributed by atoms with Crippen molar-refractivity contribution in [3.63, 3.8) is 0 Å². The van der Waals surface area contributed by atoms with Crippen LogP contribution >= 0.6 is 11.3 Å². The lowest BCUT2D eigenvalue weighted by Crippen LogP contribution is -2.19. The summed E-state index contributed by atoms with van der Waals surface area (Å²) in [5.41, 5.74) is 13.3. The Labute approximate surface area is 111 Å². The van der Waals surface area contributed by atoms with Gasteiger partial charge in [-0.25, -0.2) is 0 Å². The molecule has 0 bridgehead atoms. The smallest absolute Gasteiger partial charge is 0.260 e. The number of rotatable bonds is 5. The third-order valence-electron chi connectivity index (χ3n) is 3.75. The zero-order valence-corrected chi connectivity index (χ0v) is 11.4. The van der Waals surface area contributed by atoms with Gasteiger partial charge in [-0.05, 0) is 37.5 Å². The van der Waals surface area contributed by atoms with E-state index >= 15 is 0 Å². The van der Waals surface area contributed by atoms with Crippen LogP contribution in [0.2, 0.25) is 0 Å². The van der Waals surface area contributed by atoms with Crippen LogP contribution in [0.5, 0.6) is 0 Å². The topological polar surface area (TPSA) is 72.3 Å². The number of nitrogens with two attached hydrogens (primary N) is 2. The fourth-order valence-electron chi connectivity index (χ4n) is 2.45. The molecule has 0 saturated heterocycles. The molecule has 3 rings (SSSR count). The van der Waals surface area contributed by atoms with E-state index in [1.165, 1.54) is 42.6 Å². The molecule has 5 heteroatoms. The summed E-state index contributed by atoms with van der Waals surface area (Å²) >= 11 is 1.47. The molecule has 0 radical (unpaired) electrons. The minimum Gasteiger partial charge on any atom is -0.397 e. The van der Waals surface area contributed by atoms with Gasteiger partial charge in [0.2, 0.25) is 0 Å². The van der Waals surface area contributed by atoms with Crippen LogP contribution in [0.15, 0.2) is 0 Å². The van der Waals surface area contributed by atoms with Crippen molar-refractivity contribution in [2.24, 2.45) is 11.7 Å². The number of nitrogens with zero attached hydrogens (tertiary/aromatic N) is 1. The first-order chi connectivity index (χ1) is 8.58. The first-order valence-corrected chi connectivity index (χ1v) is 7.32. The Morgan fingerprint density at radius 1 is 1.39 bits per heavy atom. The number of hydrogen-bond acceptors (Lipinski definition) is 4. The Bertz CT molecular complexity index is 489. The molecule has 4 nitrogen and oxygen atoms in total. The fourth-order valence-corrected chi connectivity index (χ4v) is 3.58. The van der Waals surface area contributed by atoms with E-state index in [0.29, 0.717) is 16.5 Å². The highest BCUT2D eigenvalue weighted by Crippen LogP contribution is 2.52. The molecule has 0 aliphatic heterocycles. The van der Waals surface area contributed by atoms with Crippen molar-refractivity contribution in [3.05, 3.63) is 10.4 Å². The Hall–Kier alpha value is -1.23. The Kier molecular flexibility index (Phi) is 2.73. The molecule has 1 heterocycles. The van der Waals surface area contributed by atoms with Crippen molar-refractivity contribution in [3.8, 4) is 0 Å². The molecule has 2 aliphatic rings. The van der Waals surface area contributed by atoms with E-state index < -0.39 is 5.91 Å². The second kappa shape index (κ2) is 4.16. The lowest BCUT2D eigenvalue weighted by atomic mass is 10.1. The molecular formula is C13H19N3OS. The number of nitrogen functional groups attached to an aromatic ring is 1. The highest BCUT2D eigenvalue weighted by molar-refractivity contribution is 7.18. The molecule has 1 aromatic rings. The second-order valence-electron chi connectivity index (χ2n) is 5.53. The summed E-state index contributed by atoms with van der Waals surface area (Å²) in [7, 11) is 2.10. The summed E-state index contributed by atoms with van der Waals surface area (Å²) < 4.78 is 0. The van der Waals surface area contributed by atoms with Gasteiger partial charge >= 0.3 is 0 Å². The van der Waals surface area contributed by atoms with Crippen LogP contribution in [0.1, 0.15) is 46.8 Å². The maximum atomic E-state index is 11.4. The molecule has 0 unspecified atom stereocenters. The lowest BCUT2D eigenvalue weighted by molar-refractivity contribution is 0.100. The first kappa shape index (κ1) is 11.8. The fraction of sp³-hybridized carbons (Fsp3) is 0.615. The average molecular weight is 265 g/mol. The van der Waals surface area contributed by atoms with E-state index in [2.05, 4.69) is 11.9 Å². The summed E-state index contributed by atoms with van der Waals surface area (Å²) in [6.07, 6.45) is 5.02. The summed E-state index contributed by atoms with van der Waals surface area (Å²) in [6, 6.07) is 0. The predicted molar refractivity (Wildman–Crippen MR) is 75.2 cm³/mol. The van der Waals surface area contributed by atoms with Gasteiger partial charge in [-0.3, -0.25) is 4.79 Å². The molecule has 1 amide bonds. The molecule has 4 N–H and O–H groups in total. The number of carbonyl (C=O) groups is 1.